The number of nitrogens with two attached hydrogens (primary N) is 1. The number of likely N-dealkylation sites (N-methyl/N-ethyl adjacent to an activating group) is 1. The number of hydrogen-bond acceptors (Lipinski definition) is 2. The van der Waals surface area contributed by atoms with Crippen molar-refractivity contribution in [2.75, 3.05) is 24.2 Å². The van der Waals surface area contributed by atoms with Gasteiger partial charge in [0.2, 0.25) is 0 Å². The molecular weight excluding hydrogens is 256 g/mol. The van der Waals surface area contributed by atoms with Crippen molar-refractivity contribution >= 4 is 11.4 Å². The van der Waals surface area contributed by atoms with E-state index < -0.39 is 0 Å². The van der Waals surface area contributed by atoms with Crippen molar-refractivity contribution in [2.24, 2.45) is 0 Å². The van der Waals surface area contributed by atoms with Gasteiger partial charge in [-0.2, -0.15) is 0 Å². The Morgan fingerprint density at radius 3 is 2.19 bits per heavy atom. The van der Waals surface area contributed by atoms with Gasteiger partial charge in [0.1, 0.15) is 0 Å². The van der Waals surface area contributed by atoms with Crippen molar-refractivity contribution < 1.29 is 0 Å². The zero-order valence-electron chi connectivity index (χ0n) is 13.8. The molecule has 2 aromatic rings. The molecule has 2 rings (SSSR count). The van der Waals surface area contributed by atoms with Gasteiger partial charge in [0, 0.05) is 30.4 Å². The Kier molecular flexibility index (Phi) is 4.26. The second-order valence-corrected chi connectivity index (χ2v) is 6.65. The van der Waals surface area contributed by atoms with Crippen molar-refractivity contribution in [3.63, 3.8) is 0 Å². The molecule has 112 valence electrons. The molecule has 21 heavy (non-hydrogen) atoms. The van der Waals surface area contributed by atoms with Crippen LogP contribution in [-0.2, 0) is 5.41 Å². The highest BCUT2D eigenvalue weighted by Gasteiger charge is 2.23. The number of aryl methyl sites for hydroxylation is 2. The molecular formula is C19H26N2. The molecule has 0 bridgehead atoms. The van der Waals surface area contributed by atoms with Crippen LogP contribution in [0.4, 0.5) is 11.4 Å². The molecule has 0 aliphatic rings. The lowest BCUT2D eigenvalue weighted by atomic mass is 9.84. The third-order valence-corrected chi connectivity index (χ3v) is 4.09. The first-order chi connectivity index (χ1) is 9.79. The van der Waals surface area contributed by atoms with Gasteiger partial charge in [-0.25, -0.2) is 0 Å². The molecule has 0 heterocycles. The maximum atomic E-state index is 5.79. The van der Waals surface area contributed by atoms with Crippen LogP contribution in [0, 0.1) is 13.8 Å². The molecule has 0 saturated heterocycles. The SMILES string of the molecule is Cc1ccc(N(C)CC(C)(C)c2ccc(N)cc2)c(C)c1. The lowest BCUT2D eigenvalue weighted by Crippen LogP contribution is -2.34. The highest BCUT2D eigenvalue weighted by atomic mass is 15.1. The Hall–Kier alpha value is -1.96. The third-order valence-electron chi connectivity index (χ3n) is 4.09. The quantitative estimate of drug-likeness (QED) is 0.847. The predicted octanol–water partition coefficient (Wildman–Crippen LogP) is 4.30. The molecule has 0 aliphatic heterocycles. The van der Waals surface area contributed by atoms with E-state index in [-0.39, 0.29) is 5.41 Å². The van der Waals surface area contributed by atoms with Crippen LogP contribution in [0.1, 0.15) is 30.5 Å². The molecule has 0 saturated carbocycles. The first-order valence-electron chi connectivity index (χ1n) is 7.44. The first kappa shape index (κ1) is 15.4. The number of rotatable bonds is 4. The van der Waals surface area contributed by atoms with Crippen LogP contribution in [0.5, 0.6) is 0 Å². The standard InChI is InChI=1S/C19H26N2/c1-14-6-11-18(15(2)12-14)21(5)13-19(3,4)16-7-9-17(20)10-8-16/h6-12H,13,20H2,1-5H3. The molecule has 2 N–H and O–H groups in total. The van der Waals surface area contributed by atoms with Gasteiger partial charge in [0.05, 0.1) is 0 Å². The average Bonchev–Trinajstić information content (AvgIpc) is 2.38. The fraction of sp³-hybridized carbons (Fsp3) is 0.368. The van der Waals surface area contributed by atoms with E-state index in [4.69, 9.17) is 5.73 Å². The number of nitrogens with zero attached hydrogens (tertiary/aromatic N) is 1. The molecule has 2 nitrogen and oxygen atoms in total. The van der Waals surface area contributed by atoms with Crippen molar-refractivity contribution in [3.8, 4) is 0 Å². The summed E-state index contributed by atoms with van der Waals surface area (Å²) in [5, 5.41) is 0. The molecule has 0 aromatic heterocycles. The van der Waals surface area contributed by atoms with Crippen LogP contribution >= 0.6 is 0 Å². The van der Waals surface area contributed by atoms with Crippen LogP contribution < -0.4 is 10.6 Å². The van der Waals surface area contributed by atoms with E-state index >= 15 is 0 Å². The van der Waals surface area contributed by atoms with Crippen LogP contribution in [-0.4, -0.2) is 13.6 Å². The van der Waals surface area contributed by atoms with Crippen molar-refractivity contribution in [1.29, 1.82) is 0 Å². The van der Waals surface area contributed by atoms with E-state index in [0.717, 1.165) is 12.2 Å². The number of hydrogen-bond donors (Lipinski definition) is 1. The van der Waals surface area contributed by atoms with E-state index in [1.54, 1.807) is 0 Å². The van der Waals surface area contributed by atoms with Crippen molar-refractivity contribution in [2.45, 2.75) is 33.1 Å². The predicted molar refractivity (Wildman–Crippen MR) is 93.1 cm³/mol. The fourth-order valence-corrected chi connectivity index (χ4v) is 2.94. The number of benzene rings is 2. The first-order valence-corrected chi connectivity index (χ1v) is 7.44. The monoisotopic (exact) mass is 282 g/mol. The van der Waals surface area contributed by atoms with E-state index in [0.29, 0.717) is 0 Å². The van der Waals surface area contributed by atoms with Crippen molar-refractivity contribution in [3.05, 3.63) is 59.2 Å². The van der Waals surface area contributed by atoms with Gasteiger partial charge >= 0.3 is 0 Å². The highest BCUT2D eigenvalue weighted by molar-refractivity contribution is 5.54. The average molecular weight is 282 g/mol. The summed E-state index contributed by atoms with van der Waals surface area (Å²) in [7, 11) is 2.16. The van der Waals surface area contributed by atoms with Crippen LogP contribution in [0.25, 0.3) is 0 Å². The fourth-order valence-electron chi connectivity index (χ4n) is 2.94. The van der Waals surface area contributed by atoms with Gasteiger partial charge in [-0.05, 0) is 43.2 Å². The summed E-state index contributed by atoms with van der Waals surface area (Å²) in [5.74, 6) is 0. The number of nitrogen functional groups attached to an aromatic ring is 1. The summed E-state index contributed by atoms with van der Waals surface area (Å²) < 4.78 is 0. The second-order valence-electron chi connectivity index (χ2n) is 6.65. The molecule has 0 unspecified atom stereocenters. The maximum Gasteiger partial charge on any atom is 0.0393 e. The minimum atomic E-state index is 0.0692. The lowest BCUT2D eigenvalue weighted by molar-refractivity contribution is 0.524. The molecule has 0 fully saturated rings. The maximum absolute atomic E-state index is 5.79. The summed E-state index contributed by atoms with van der Waals surface area (Å²) in [5.41, 5.74) is 11.9. The molecule has 0 spiro atoms. The van der Waals surface area contributed by atoms with Crippen LogP contribution in [0.3, 0.4) is 0 Å². The van der Waals surface area contributed by atoms with E-state index in [9.17, 15) is 0 Å². The normalized spacial score (nSPS) is 11.5. The van der Waals surface area contributed by atoms with Gasteiger partial charge in [0.15, 0.2) is 0 Å². The van der Waals surface area contributed by atoms with E-state index in [1.165, 1.54) is 22.4 Å². The van der Waals surface area contributed by atoms with Crippen molar-refractivity contribution in [1.82, 2.24) is 0 Å². The Labute approximate surface area is 128 Å². The number of anilines is 2. The molecule has 2 aromatic carbocycles. The molecule has 0 radical (unpaired) electrons. The van der Waals surface area contributed by atoms with E-state index in [1.807, 2.05) is 12.1 Å². The minimum Gasteiger partial charge on any atom is -0.399 e. The smallest absolute Gasteiger partial charge is 0.0393 e. The largest absolute Gasteiger partial charge is 0.399 e. The minimum absolute atomic E-state index is 0.0692. The topological polar surface area (TPSA) is 29.3 Å². The molecule has 0 amide bonds. The Bertz CT molecular complexity index is 612. The van der Waals surface area contributed by atoms with Gasteiger partial charge < -0.3 is 10.6 Å². The second kappa shape index (κ2) is 5.80. The van der Waals surface area contributed by atoms with Gasteiger partial charge in [-0.1, -0.05) is 43.7 Å². The summed E-state index contributed by atoms with van der Waals surface area (Å²) in [4.78, 5) is 2.34. The summed E-state index contributed by atoms with van der Waals surface area (Å²) in [6.45, 7) is 9.82. The summed E-state index contributed by atoms with van der Waals surface area (Å²) in [6.07, 6.45) is 0. The zero-order chi connectivity index (χ0) is 15.6. The van der Waals surface area contributed by atoms with Crippen LogP contribution in [0.2, 0.25) is 0 Å². The van der Waals surface area contributed by atoms with Gasteiger partial charge in [-0.15, -0.1) is 0 Å². The van der Waals surface area contributed by atoms with Gasteiger partial charge in [0.25, 0.3) is 0 Å². The lowest BCUT2D eigenvalue weighted by Gasteiger charge is -2.33. The summed E-state index contributed by atoms with van der Waals surface area (Å²) in [6, 6.07) is 14.8. The van der Waals surface area contributed by atoms with E-state index in [2.05, 4.69) is 70.0 Å². The Morgan fingerprint density at radius 2 is 1.62 bits per heavy atom. The molecule has 2 heteroatoms. The Morgan fingerprint density at radius 1 is 1.00 bits per heavy atom. The zero-order valence-corrected chi connectivity index (χ0v) is 13.8. The van der Waals surface area contributed by atoms with Crippen LogP contribution in [0.15, 0.2) is 42.5 Å². The highest BCUT2D eigenvalue weighted by Crippen LogP contribution is 2.28. The molecule has 0 aliphatic carbocycles. The molecule has 0 atom stereocenters. The summed E-state index contributed by atoms with van der Waals surface area (Å²) >= 11 is 0. The Balaban J connectivity index is 2.21. The van der Waals surface area contributed by atoms with Gasteiger partial charge in [-0.3, -0.25) is 0 Å². The third kappa shape index (κ3) is 3.57.